The third kappa shape index (κ3) is 5.10. The van der Waals surface area contributed by atoms with E-state index in [0.29, 0.717) is 0 Å². The Morgan fingerprint density at radius 2 is 2.00 bits per heavy atom. The second kappa shape index (κ2) is 7.40. The molecule has 1 aromatic heterocycles. The molecule has 0 spiro atoms. The van der Waals surface area contributed by atoms with Gasteiger partial charge in [0, 0.05) is 24.5 Å². The zero-order valence-corrected chi connectivity index (χ0v) is 10.9. The molecular formula is C10H17BrN2S. The molecule has 0 atom stereocenters. The van der Waals surface area contributed by atoms with Gasteiger partial charge in [-0.1, -0.05) is 6.92 Å². The fraction of sp³-hybridized carbons (Fsp3) is 0.600. The first-order chi connectivity index (χ1) is 6.83. The largest absolute Gasteiger partial charge is 0.315 e. The zero-order chi connectivity index (χ0) is 10.2. The minimum atomic E-state index is 0.976. The summed E-state index contributed by atoms with van der Waals surface area (Å²) in [5.74, 6) is 0. The minimum Gasteiger partial charge on any atom is -0.315 e. The topological polar surface area (TPSA) is 24.1 Å². The van der Waals surface area contributed by atoms with Gasteiger partial charge in [0.2, 0.25) is 0 Å². The first-order valence-electron chi connectivity index (χ1n) is 4.98. The Hall–Kier alpha value is 0.1000. The van der Waals surface area contributed by atoms with Crippen LogP contribution in [0.4, 0.5) is 0 Å². The molecule has 2 N–H and O–H groups in total. The van der Waals surface area contributed by atoms with Crippen LogP contribution in [0.5, 0.6) is 0 Å². The fourth-order valence-corrected chi connectivity index (χ4v) is 2.59. The van der Waals surface area contributed by atoms with Crippen molar-refractivity contribution in [1.82, 2.24) is 10.6 Å². The number of nitrogens with one attached hydrogen (secondary N) is 2. The van der Waals surface area contributed by atoms with Gasteiger partial charge >= 0.3 is 0 Å². The Balaban J connectivity index is 1.99. The minimum absolute atomic E-state index is 0.976. The van der Waals surface area contributed by atoms with Gasteiger partial charge < -0.3 is 10.6 Å². The number of thiophene rings is 1. The number of hydrogen-bond acceptors (Lipinski definition) is 3. The summed E-state index contributed by atoms with van der Waals surface area (Å²) in [6, 6.07) is 4.25. The van der Waals surface area contributed by atoms with E-state index in [1.807, 2.05) is 0 Å². The van der Waals surface area contributed by atoms with Gasteiger partial charge in [0.25, 0.3) is 0 Å². The molecule has 0 saturated carbocycles. The van der Waals surface area contributed by atoms with E-state index in [9.17, 15) is 0 Å². The highest BCUT2D eigenvalue weighted by atomic mass is 79.9. The lowest BCUT2D eigenvalue weighted by Gasteiger charge is -2.03. The standard InChI is InChI=1S/C10H17BrN2S/c1-2-5-12-6-7-13-8-9-3-4-10(11)14-9/h3-4,12-13H,2,5-8H2,1H3. The SMILES string of the molecule is CCCNCCNCc1ccc(Br)s1. The first kappa shape index (κ1) is 12.2. The normalized spacial score (nSPS) is 10.7. The average Bonchev–Trinajstić information content (AvgIpc) is 2.58. The van der Waals surface area contributed by atoms with Crippen molar-refractivity contribution in [1.29, 1.82) is 0 Å². The molecule has 1 aromatic rings. The molecule has 1 rings (SSSR count). The van der Waals surface area contributed by atoms with Crippen molar-refractivity contribution in [2.45, 2.75) is 19.9 Å². The van der Waals surface area contributed by atoms with E-state index < -0.39 is 0 Å². The van der Waals surface area contributed by atoms with Gasteiger partial charge in [0.05, 0.1) is 3.79 Å². The van der Waals surface area contributed by atoms with E-state index in [1.54, 1.807) is 11.3 Å². The summed E-state index contributed by atoms with van der Waals surface area (Å²) in [6.07, 6.45) is 1.21. The molecule has 0 aliphatic heterocycles. The van der Waals surface area contributed by atoms with Crippen LogP contribution in [0.3, 0.4) is 0 Å². The van der Waals surface area contributed by atoms with Crippen molar-refractivity contribution >= 4 is 27.3 Å². The summed E-state index contributed by atoms with van der Waals surface area (Å²) < 4.78 is 1.21. The van der Waals surface area contributed by atoms with Crippen LogP contribution in [0.25, 0.3) is 0 Å². The van der Waals surface area contributed by atoms with Gasteiger partial charge in [0.1, 0.15) is 0 Å². The van der Waals surface area contributed by atoms with Crippen molar-refractivity contribution in [2.24, 2.45) is 0 Å². The Bertz CT molecular complexity index is 250. The molecule has 80 valence electrons. The van der Waals surface area contributed by atoms with E-state index in [1.165, 1.54) is 15.1 Å². The fourth-order valence-electron chi connectivity index (χ4n) is 1.14. The van der Waals surface area contributed by atoms with Crippen LogP contribution in [-0.2, 0) is 6.54 Å². The summed E-state index contributed by atoms with van der Waals surface area (Å²) in [7, 11) is 0. The molecule has 0 amide bonds. The Morgan fingerprint density at radius 1 is 1.21 bits per heavy atom. The number of hydrogen-bond donors (Lipinski definition) is 2. The molecule has 1 heterocycles. The van der Waals surface area contributed by atoms with Gasteiger partial charge in [-0.05, 0) is 41.0 Å². The maximum atomic E-state index is 3.45. The third-order valence-corrected chi connectivity index (χ3v) is 3.46. The molecule has 0 aromatic carbocycles. The summed E-state index contributed by atoms with van der Waals surface area (Å²) in [6.45, 7) is 6.37. The summed E-state index contributed by atoms with van der Waals surface area (Å²) in [5, 5.41) is 6.76. The van der Waals surface area contributed by atoms with Crippen LogP contribution in [0.2, 0.25) is 0 Å². The highest BCUT2D eigenvalue weighted by Gasteiger charge is 1.95. The Morgan fingerprint density at radius 3 is 2.64 bits per heavy atom. The summed E-state index contributed by atoms with van der Waals surface area (Å²) >= 11 is 5.24. The van der Waals surface area contributed by atoms with E-state index in [4.69, 9.17) is 0 Å². The van der Waals surface area contributed by atoms with E-state index in [-0.39, 0.29) is 0 Å². The highest BCUT2D eigenvalue weighted by Crippen LogP contribution is 2.21. The second-order valence-corrected chi connectivity index (χ2v) is 5.68. The molecule has 0 radical (unpaired) electrons. The molecule has 0 unspecified atom stereocenters. The molecule has 0 aliphatic carbocycles. The molecule has 14 heavy (non-hydrogen) atoms. The van der Waals surface area contributed by atoms with Crippen molar-refractivity contribution in [3.05, 3.63) is 20.8 Å². The summed E-state index contributed by atoms with van der Waals surface area (Å²) in [5.41, 5.74) is 0. The van der Waals surface area contributed by atoms with Crippen LogP contribution < -0.4 is 10.6 Å². The van der Waals surface area contributed by atoms with Crippen LogP contribution in [0, 0.1) is 0 Å². The van der Waals surface area contributed by atoms with Gasteiger partial charge in [-0.15, -0.1) is 11.3 Å². The van der Waals surface area contributed by atoms with Crippen LogP contribution in [0.1, 0.15) is 18.2 Å². The lowest BCUT2D eigenvalue weighted by molar-refractivity contribution is 0.609. The molecule has 0 bridgehead atoms. The smallest absolute Gasteiger partial charge is 0.0701 e. The Kier molecular flexibility index (Phi) is 6.43. The van der Waals surface area contributed by atoms with Crippen molar-refractivity contribution in [3.8, 4) is 0 Å². The summed E-state index contributed by atoms with van der Waals surface area (Å²) in [4.78, 5) is 1.38. The molecule has 0 fully saturated rings. The third-order valence-electron chi connectivity index (χ3n) is 1.83. The molecule has 2 nitrogen and oxygen atoms in total. The van der Waals surface area contributed by atoms with Crippen LogP contribution in [0.15, 0.2) is 15.9 Å². The van der Waals surface area contributed by atoms with Gasteiger partial charge in [-0.2, -0.15) is 0 Å². The van der Waals surface area contributed by atoms with Crippen molar-refractivity contribution < 1.29 is 0 Å². The van der Waals surface area contributed by atoms with E-state index >= 15 is 0 Å². The molecular weight excluding hydrogens is 260 g/mol. The van der Waals surface area contributed by atoms with Crippen molar-refractivity contribution in [2.75, 3.05) is 19.6 Å². The maximum Gasteiger partial charge on any atom is 0.0701 e. The lowest BCUT2D eigenvalue weighted by atomic mass is 10.4. The van der Waals surface area contributed by atoms with Gasteiger partial charge in [-0.3, -0.25) is 0 Å². The predicted octanol–water partition coefficient (Wildman–Crippen LogP) is 2.60. The molecule has 0 aliphatic rings. The highest BCUT2D eigenvalue weighted by molar-refractivity contribution is 9.11. The molecule has 4 heteroatoms. The van der Waals surface area contributed by atoms with Gasteiger partial charge in [0.15, 0.2) is 0 Å². The number of rotatable bonds is 7. The van der Waals surface area contributed by atoms with E-state index in [0.717, 1.165) is 26.2 Å². The van der Waals surface area contributed by atoms with E-state index in [2.05, 4.69) is 45.6 Å². The second-order valence-electron chi connectivity index (χ2n) is 3.13. The van der Waals surface area contributed by atoms with Crippen LogP contribution in [-0.4, -0.2) is 19.6 Å². The maximum absolute atomic E-state index is 3.45. The zero-order valence-electron chi connectivity index (χ0n) is 8.48. The van der Waals surface area contributed by atoms with Crippen LogP contribution >= 0.6 is 27.3 Å². The Labute approximate surface area is 98.2 Å². The average molecular weight is 277 g/mol. The van der Waals surface area contributed by atoms with Gasteiger partial charge in [-0.25, -0.2) is 0 Å². The first-order valence-corrected chi connectivity index (χ1v) is 6.59. The molecule has 0 saturated heterocycles. The lowest BCUT2D eigenvalue weighted by Crippen LogP contribution is -2.27. The van der Waals surface area contributed by atoms with Crippen molar-refractivity contribution in [3.63, 3.8) is 0 Å². The monoisotopic (exact) mass is 276 g/mol. The predicted molar refractivity (Wildman–Crippen MR) is 66.9 cm³/mol. The quantitative estimate of drug-likeness (QED) is 0.749. The number of halogens is 1.